The number of carbonyl (C=O) groups excluding carboxylic acids is 2. The lowest BCUT2D eigenvalue weighted by molar-refractivity contribution is -0.137. The molecule has 2 aromatic carbocycles. The average Bonchev–Trinajstić information content (AvgIpc) is 3.21. The van der Waals surface area contributed by atoms with Gasteiger partial charge in [0.25, 0.3) is 11.8 Å². The molecule has 0 aliphatic carbocycles. The van der Waals surface area contributed by atoms with E-state index in [0.29, 0.717) is 30.9 Å². The topological polar surface area (TPSA) is 58.4 Å². The number of amides is 2. The van der Waals surface area contributed by atoms with Gasteiger partial charge in [-0.25, -0.2) is 0 Å². The van der Waals surface area contributed by atoms with E-state index in [1.165, 1.54) is 27.8 Å². The molecular weight excluding hydrogens is 421 g/mol. The molecule has 1 aliphatic heterocycles. The molecule has 9 heteroatoms. The maximum Gasteiger partial charge on any atom is 0.416 e. The first-order valence-electron chi connectivity index (χ1n) is 10.0. The molecule has 3 aromatic rings. The Hall–Kier alpha value is -3.62. The zero-order valence-electron chi connectivity index (χ0n) is 17.3. The summed E-state index contributed by atoms with van der Waals surface area (Å²) < 4.78 is 39.7. The van der Waals surface area contributed by atoms with Gasteiger partial charge in [0, 0.05) is 32.7 Å². The third-order valence-corrected chi connectivity index (χ3v) is 5.35. The van der Waals surface area contributed by atoms with Crippen molar-refractivity contribution in [2.45, 2.75) is 25.8 Å². The Kier molecular flexibility index (Phi) is 5.73. The first kappa shape index (κ1) is 21.6. The van der Waals surface area contributed by atoms with Gasteiger partial charge in [-0.1, -0.05) is 42.5 Å². The SMILES string of the molecule is CN(Cc1ccccc1)C(=O)c1cc2n(n1)CCN(Cc1ccc(C(F)(F)F)cc1)C2=O. The minimum atomic E-state index is -4.40. The van der Waals surface area contributed by atoms with E-state index in [1.807, 2.05) is 30.3 Å². The number of hydrogen-bond donors (Lipinski definition) is 0. The van der Waals surface area contributed by atoms with Gasteiger partial charge in [-0.2, -0.15) is 18.3 Å². The van der Waals surface area contributed by atoms with Crippen LogP contribution >= 0.6 is 0 Å². The summed E-state index contributed by atoms with van der Waals surface area (Å²) in [6, 6.07) is 15.8. The van der Waals surface area contributed by atoms with Crippen LogP contribution in [0.5, 0.6) is 0 Å². The molecular formula is C23H21F3N4O2. The Morgan fingerprint density at radius 1 is 1.03 bits per heavy atom. The summed E-state index contributed by atoms with van der Waals surface area (Å²) >= 11 is 0. The molecule has 0 bridgehead atoms. The lowest BCUT2D eigenvalue weighted by Gasteiger charge is -2.27. The summed E-state index contributed by atoms with van der Waals surface area (Å²) in [4.78, 5) is 28.8. The first-order valence-corrected chi connectivity index (χ1v) is 10.0. The molecule has 0 fully saturated rings. The fourth-order valence-corrected chi connectivity index (χ4v) is 3.64. The van der Waals surface area contributed by atoms with E-state index in [1.54, 1.807) is 11.9 Å². The molecule has 6 nitrogen and oxygen atoms in total. The van der Waals surface area contributed by atoms with Gasteiger partial charge in [-0.3, -0.25) is 14.3 Å². The van der Waals surface area contributed by atoms with Crippen LogP contribution in [0.25, 0.3) is 0 Å². The van der Waals surface area contributed by atoms with Gasteiger partial charge in [0.15, 0.2) is 5.69 Å². The zero-order chi connectivity index (χ0) is 22.9. The predicted molar refractivity (Wildman–Crippen MR) is 111 cm³/mol. The molecule has 2 heterocycles. The normalized spacial score (nSPS) is 13.8. The summed E-state index contributed by atoms with van der Waals surface area (Å²) in [5, 5.41) is 4.30. The molecule has 0 unspecified atom stereocenters. The standard InChI is InChI=1S/C23H21F3N4O2/c1-28(14-16-5-3-2-4-6-16)21(31)19-13-20-22(32)29(11-12-30(20)27-19)15-17-7-9-18(10-8-17)23(24,25)26/h2-10,13H,11-12,14-15H2,1H3. The van der Waals surface area contributed by atoms with Crippen molar-refractivity contribution in [3.63, 3.8) is 0 Å². The smallest absolute Gasteiger partial charge is 0.336 e. The Morgan fingerprint density at radius 3 is 2.38 bits per heavy atom. The number of hydrogen-bond acceptors (Lipinski definition) is 3. The van der Waals surface area contributed by atoms with Crippen LogP contribution in [0.15, 0.2) is 60.7 Å². The van der Waals surface area contributed by atoms with Crippen molar-refractivity contribution in [1.82, 2.24) is 19.6 Å². The molecule has 0 spiro atoms. The van der Waals surface area contributed by atoms with Crippen molar-refractivity contribution in [3.05, 3.63) is 88.7 Å². The van der Waals surface area contributed by atoms with E-state index in [-0.39, 0.29) is 24.1 Å². The minimum Gasteiger partial charge on any atom is -0.336 e. The van der Waals surface area contributed by atoms with Crippen molar-refractivity contribution in [1.29, 1.82) is 0 Å². The van der Waals surface area contributed by atoms with Crippen molar-refractivity contribution in [2.75, 3.05) is 13.6 Å². The summed E-state index contributed by atoms with van der Waals surface area (Å²) in [5.74, 6) is -0.605. The predicted octanol–water partition coefficient (Wildman–Crippen LogP) is 3.83. The fourth-order valence-electron chi connectivity index (χ4n) is 3.64. The highest BCUT2D eigenvalue weighted by Gasteiger charge is 2.31. The Bertz CT molecular complexity index is 1120. The molecule has 0 saturated carbocycles. The first-order chi connectivity index (χ1) is 15.2. The molecule has 0 saturated heterocycles. The number of alkyl halides is 3. The van der Waals surface area contributed by atoms with Crippen molar-refractivity contribution < 1.29 is 22.8 Å². The number of aromatic nitrogens is 2. The summed E-state index contributed by atoms with van der Waals surface area (Å²) in [6.07, 6.45) is -4.40. The highest BCUT2D eigenvalue weighted by atomic mass is 19.4. The number of nitrogens with zero attached hydrogens (tertiary/aromatic N) is 4. The maximum atomic E-state index is 12.9. The monoisotopic (exact) mass is 442 g/mol. The highest BCUT2D eigenvalue weighted by Crippen LogP contribution is 2.29. The van der Waals surface area contributed by atoms with Gasteiger partial charge in [-0.15, -0.1) is 0 Å². The van der Waals surface area contributed by atoms with Crippen LogP contribution in [-0.2, 0) is 25.8 Å². The highest BCUT2D eigenvalue weighted by molar-refractivity contribution is 5.98. The minimum absolute atomic E-state index is 0.180. The largest absolute Gasteiger partial charge is 0.416 e. The Labute approximate surface area is 182 Å². The van der Waals surface area contributed by atoms with E-state index >= 15 is 0 Å². The van der Waals surface area contributed by atoms with E-state index in [2.05, 4.69) is 5.10 Å². The summed E-state index contributed by atoms with van der Waals surface area (Å²) in [5.41, 5.74) is 1.32. The number of fused-ring (bicyclic) bond motifs is 1. The van der Waals surface area contributed by atoms with Crippen LogP contribution < -0.4 is 0 Å². The molecule has 1 aliphatic rings. The van der Waals surface area contributed by atoms with Gasteiger partial charge in [-0.05, 0) is 23.3 Å². The van der Waals surface area contributed by atoms with E-state index < -0.39 is 11.7 Å². The molecule has 4 rings (SSSR count). The van der Waals surface area contributed by atoms with Crippen molar-refractivity contribution >= 4 is 11.8 Å². The number of rotatable bonds is 5. The molecule has 0 radical (unpaired) electrons. The zero-order valence-corrected chi connectivity index (χ0v) is 17.3. The van der Waals surface area contributed by atoms with Crippen molar-refractivity contribution in [3.8, 4) is 0 Å². The summed E-state index contributed by atoms with van der Waals surface area (Å²) in [6.45, 7) is 1.34. The molecule has 32 heavy (non-hydrogen) atoms. The van der Waals surface area contributed by atoms with Crippen LogP contribution in [0.4, 0.5) is 13.2 Å². The van der Waals surface area contributed by atoms with Gasteiger partial charge in [0.1, 0.15) is 5.69 Å². The number of carbonyl (C=O) groups is 2. The number of benzene rings is 2. The van der Waals surface area contributed by atoms with Crippen LogP contribution in [0.1, 0.15) is 37.7 Å². The average molecular weight is 442 g/mol. The molecule has 166 valence electrons. The van der Waals surface area contributed by atoms with Gasteiger partial charge < -0.3 is 9.80 Å². The maximum absolute atomic E-state index is 12.9. The van der Waals surface area contributed by atoms with E-state index in [4.69, 9.17) is 0 Å². The second-order valence-corrected chi connectivity index (χ2v) is 7.71. The van der Waals surface area contributed by atoms with Gasteiger partial charge in [0.2, 0.25) is 0 Å². The lowest BCUT2D eigenvalue weighted by atomic mass is 10.1. The number of halogens is 3. The van der Waals surface area contributed by atoms with Crippen LogP contribution in [0.3, 0.4) is 0 Å². The molecule has 2 amide bonds. The van der Waals surface area contributed by atoms with Crippen LogP contribution in [0.2, 0.25) is 0 Å². The van der Waals surface area contributed by atoms with Crippen LogP contribution in [0, 0.1) is 0 Å². The molecule has 0 N–H and O–H groups in total. The van der Waals surface area contributed by atoms with E-state index in [0.717, 1.165) is 17.7 Å². The lowest BCUT2D eigenvalue weighted by Crippen LogP contribution is -2.39. The van der Waals surface area contributed by atoms with E-state index in [9.17, 15) is 22.8 Å². The molecule has 0 atom stereocenters. The Morgan fingerprint density at radius 2 is 1.72 bits per heavy atom. The van der Waals surface area contributed by atoms with Gasteiger partial charge >= 0.3 is 6.18 Å². The van der Waals surface area contributed by atoms with Crippen molar-refractivity contribution in [2.24, 2.45) is 0 Å². The quantitative estimate of drug-likeness (QED) is 0.604. The second kappa shape index (κ2) is 8.49. The third-order valence-electron chi connectivity index (χ3n) is 5.35. The fraction of sp³-hybridized carbons (Fsp3) is 0.261. The third kappa shape index (κ3) is 4.51. The molecule has 1 aromatic heterocycles. The van der Waals surface area contributed by atoms with Gasteiger partial charge in [0.05, 0.1) is 12.1 Å². The Balaban J connectivity index is 1.45. The summed E-state index contributed by atoms with van der Waals surface area (Å²) in [7, 11) is 1.67. The second-order valence-electron chi connectivity index (χ2n) is 7.71. The van der Waals surface area contributed by atoms with Crippen LogP contribution in [-0.4, -0.2) is 45.0 Å².